The molecule has 9 nitrogen and oxygen atoms in total. The molecule has 0 bridgehead atoms. The van der Waals surface area contributed by atoms with Crippen molar-refractivity contribution < 1.29 is 17.8 Å². The number of imidazole rings is 1. The second kappa shape index (κ2) is 8.41. The maximum Gasteiger partial charge on any atom is 0.242 e. The molecule has 2 aromatic heterocycles. The number of unbranched alkanes of at least 4 members (excludes halogenated alkanes) is 1. The third-order valence-electron chi connectivity index (χ3n) is 4.31. The summed E-state index contributed by atoms with van der Waals surface area (Å²) >= 11 is 0. The minimum Gasteiger partial charge on any atom is -0.494 e. The Morgan fingerprint density at radius 3 is 2.72 bits per heavy atom. The summed E-state index contributed by atoms with van der Waals surface area (Å²) in [5, 5.41) is 7.33. The zero-order chi connectivity index (χ0) is 20.1. The number of hydrogen-bond acceptors (Lipinski definition) is 7. The molecule has 0 spiro atoms. The van der Waals surface area contributed by atoms with E-state index < -0.39 is 10.0 Å². The number of nitrogens with zero attached hydrogens (tertiary/aromatic N) is 4. The molecule has 0 amide bonds. The lowest BCUT2D eigenvalue weighted by atomic mass is 10.3. The molecule has 0 aliphatic carbocycles. The van der Waals surface area contributed by atoms with Gasteiger partial charge in [0.05, 0.1) is 12.9 Å². The van der Waals surface area contributed by atoms with Crippen LogP contribution >= 0.6 is 0 Å². The van der Waals surface area contributed by atoms with E-state index in [9.17, 15) is 8.42 Å². The van der Waals surface area contributed by atoms with Crippen molar-refractivity contribution in [1.82, 2.24) is 24.6 Å². The van der Waals surface area contributed by atoms with Crippen LogP contribution in [-0.2, 0) is 10.0 Å². The standard InChI is InChI=1S/C19H19N5O4S/c25-29(26,18-5-3-4-17-19(18)23-28-22-17)21-10-1-2-13-27-16-8-6-15(7-9-16)24-12-11-20-14-24/h3-9,11-12,14,21H,1-2,10,13H2. The summed E-state index contributed by atoms with van der Waals surface area (Å²) in [4.78, 5) is 4.08. The molecular weight excluding hydrogens is 394 g/mol. The molecule has 0 aliphatic heterocycles. The molecule has 4 rings (SSSR count). The van der Waals surface area contributed by atoms with E-state index in [1.807, 2.05) is 35.0 Å². The van der Waals surface area contributed by atoms with Crippen LogP contribution in [0.3, 0.4) is 0 Å². The summed E-state index contributed by atoms with van der Waals surface area (Å²) in [5.74, 6) is 0.764. The molecule has 2 heterocycles. The number of ether oxygens (including phenoxy) is 1. The second-order valence-corrected chi connectivity index (χ2v) is 8.04. The monoisotopic (exact) mass is 413 g/mol. The van der Waals surface area contributed by atoms with Gasteiger partial charge in [-0.1, -0.05) is 6.07 Å². The summed E-state index contributed by atoms with van der Waals surface area (Å²) in [6.45, 7) is 0.794. The molecule has 0 radical (unpaired) electrons. The molecule has 2 aromatic carbocycles. The smallest absolute Gasteiger partial charge is 0.242 e. The van der Waals surface area contributed by atoms with Gasteiger partial charge in [0.25, 0.3) is 0 Å². The van der Waals surface area contributed by atoms with Gasteiger partial charge >= 0.3 is 0 Å². The van der Waals surface area contributed by atoms with Crippen LogP contribution in [0.4, 0.5) is 0 Å². The highest BCUT2D eigenvalue weighted by molar-refractivity contribution is 7.89. The normalized spacial score (nSPS) is 11.7. The zero-order valence-corrected chi connectivity index (χ0v) is 16.2. The van der Waals surface area contributed by atoms with Crippen LogP contribution in [-0.4, -0.2) is 41.4 Å². The lowest BCUT2D eigenvalue weighted by Gasteiger charge is -2.09. The van der Waals surface area contributed by atoms with E-state index in [1.165, 1.54) is 6.07 Å². The Morgan fingerprint density at radius 2 is 1.93 bits per heavy atom. The van der Waals surface area contributed by atoms with Crippen LogP contribution in [0, 0.1) is 0 Å². The summed E-state index contributed by atoms with van der Waals surface area (Å²) in [6.07, 6.45) is 6.68. The Balaban J connectivity index is 1.22. The first-order valence-electron chi connectivity index (χ1n) is 9.06. The van der Waals surface area contributed by atoms with Crippen molar-refractivity contribution in [3.05, 3.63) is 61.2 Å². The molecule has 10 heteroatoms. The van der Waals surface area contributed by atoms with Crippen LogP contribution < -0.4 is 9.46 Å². The first kappa shape index (κ1) is 19.1. The first-order valence-corrected chi connectivity index (χ1v) is 10.5. The molecule has 4 aromatic rings. The van der Waals surface area contributed by atoms with Crippen LogP contribution in [0.25, 0.3) is 16.7 Å². The van der Waals surface area contributed by atoms with E-state index in [0.29, 0.717) is 31.5 Å². The number of benzene rings is 2. The van der Waals surface area contributed by atoms with Crippen molar-refractivity contribution in [2.45, 2.75) is 17.7 Å². The van der Waals surface area contributed by atoms with Crippen molar-refractivity contribution in [3.63, 3.8) is 0 Å². The van der Waals surface area contributed by atoms with Crippen molar-refractivity contribution in [1.29, 1.82) is 0 Å². The fourth-order valence-electron chi connectivity index (χ4n) is 2.83. The van der Waals surface area contributed by atoms with Gasteiger partial charge in [-0.05, 0) is 59.6 Å². The van der Waals surface area contributed by atoms with Crippen LogP contribution in [0.2, 0.25) is 0 Å². The average Bonchev–Trinajstić information content (AvgIpc) is 3.42. The largest absolute Gasteiger partial charge is 0.494 e. The van der Waals surface area contributed by atoms with Gasteiger partial charge < -0.3 is 9.30 Å². The number of sulfonamides is 1. The Labute approximate surface area is 167 Å². The Morgan fingerprint density at radius 1 is 1.07 bits per heavy atom. The van der Waals surface area contributed by atoms with Crippen molar-refractivity contribution in [3.8, 4) is 11.4 Å². The fourth-order valence-corrected chi connectivity index (χ4v) is 4.05. The quantitative estimate of drug-likeness (QED) is 0.420. The maximum absolute atomic E-state index is 12.5. The Hall–Kier alpha value is -3.24. The van der Waals surface area contributed by atoms with Crippen LogP contribution in [0.1, 0.15) is 12.8 Å². The van der Waals surface area contributed by atoms with E-state index in [-0.39, 0.29) is 10.4 Å². The summed E-state index contributed by atoms with van der Waals surface area (Å²) < 4.78 is 39.7. The van der Waals surface area contributed by atoms with Gasteiger partial charge in [0, 0.05) is 24.6 Å². The number of hydrogen-bond donors (Lipinski definition) is 1. The van der Waals surface area contributed by atoms with Crippen LogP contribution in [0.15, 0.2) is 70.7 Å². The van der Waals surface area contributed by atoms with E-state index in [4.69, 9.17) is 4.74 Å². The third kappa shape index (κ3) is 4.44. The van der Waals surface area contributed by atoms with Gasteiger partial charge in [-0.25, -0.2) is 22.8 Å². The highest BCUT2D eigenvalue weighted by atomic mass is 32.2. The summed E-state index contributed by atoms with van der Waals surface area (Å²) in [7, 11) is -3.68. The number of aromatic nitrogens is 4. The molecule has 0 atom stereocenters. The number of fused-ring (bicyclic) bond motifs is 1. The molecule has 0 unspecified atom stereocenters. The van der Waals surface area contributed by atoms with E-state index in [1.54, 1.807) is 24.7 Å². The van der Waals surface area contributed by atoms with Crippen molar-refractivity contribution in [2.24, 2.45) is 0 Å². The highest BCUT2D eigenvalue weighted by Gasteiger charge is 2.19. The molecule has 1 N–H and O–H groups in total. The summed E-state index contributed by atoms with van der Waals surface area (Å²) in [6, 6.07) is 12.4. The second-order valence-electron chi connectivity index (χ2n) is 6.31. The van der Waals surface area contributed by atoms with E-state index in [0.717, 1.165) is 11.4 Å². The zero-order valence-electron chi connectivity index (χ0n) is 15.4. The SMILES string of the molecule is O=S(=O)(NCCCCOc1ccc(-n2ccnc2)cc1)c1cccc2nonc12. The van der Waals surface area contributed by atoms with Gasteiger partial charge in [-0.2, -0.15) is 0 Å². The predicted octanol–water partition coefficient (Wildman–Crippen LogP) is 2.55. The number of nitrogens with one attached hydrogen (secondary N) is 1. The summed E-state index contributed by atoms with van der Waals surface area (Å²) in [5.41, 5.74) is 1.63. The van der Waals surface area contributed by atoms with Gasteiger partial charge in [0.2, 0.25) is 10.0 Å². The predicted molar refractivity (Wildman–Crippen MR) is 105 cm³/mol. The van der Waals surface area contributed by atoms with Gasteiger partial charge in [-0.3, -0.25) is 0 Å². The molecule has 150 valence electrons. The van der Waals surface area contributed by atoms with Gasteiger partial charge in [0.1, 0.15) is 16.2 Å². The highest BCUT2D eigenvalue weighted by Crippen LogP contribution is 2.19. The van der Waals surface area contributed by atoms with Gasteiger partial charge in [0.15, 0.2) is 5.52 Å². The average molecular weight is 413 g/mol. The minimum absolute atomic E-state index is 0.0606. The molecule has 0 fully saturated rings. The van der Waals surface area contributed by atoms with Crippen molar-refractivity contribution >= 4 is 21.1 Å². The first-order chi connectivity index (χ1) is 14.1. The lowest BCUT2D eigenvalue weighted by Crippen LogP contribution is -2.25. The molecule has 0 saturated carbocycles. The van der Waals surface area contributed by atoms with Crippen molar-refractivity contribution in [2.75, 3.05) is 13.2 Å². The van der Waals surface area contributed by atoms with Crippen LogP contribution in [0.5, 0.6) is 5.75 Å². The third-order valence-corrected chi connectivity index (χ3v) is 5.80. The maximum atomic E-state index is 12.5. The molecule has 29 heavy (non-hydrogen) atoms. The molecule has 0 saturated heterocycles. The number of rotatable bonds is 9. The lowest BCUT2D eigenvalue weighted by molar-refractivity contribution is 0.307. The Bertz CT molecular complexity index is 1170. The molecular formula is C19H19N5O4S. The molecule has 0 aliphatic rings. The topological polar surface area (TPSA) is 112 Å². The van der Waals surface area contributed by atoms with E-state index in [2.05, 4.69) is 24.6 Å². The minimum atomic E-state index is -3.68. The fraction of sp³-hybridized carbons (Fsp3) is 0.211. The van der Waals surface area contributed by atoms with Gasteiger partial charge in [-0.15, -0.1) is 0 Å². The Kier molecular flexibility index (Phi) is 5.54. The van der Waals surface area contributed by atoms with E-state index >= 15 is 0 Å².